The summed E-state index contributed by atoms with van der Waals surface area (Å²) in [5.74, 6) is 0. The first-order chi connectivity index (χ1) is 8.17. The third kappa shape index (κ3) is 3.85. The molecule has 0 unspecified atom stereocenters. The van der Waals surface area contributed by atoms with Crippen molar-refractivity contribution in [1.29, 1.82) is 10.5 Å². The zero-order valence-electron chi connectivity index (χ0n) is 9.88. The van der Waals surface area contributed by atoms with E-state index in [0.29, 0.717) is 0 Å². The largest absolute Gasteiger partial charge is 0.378 e. The summed E-state index contributed by atoms with van der Waals surface area (Å²) in [5, 5.41) is 17.1. The smallest absolute Gasteiger partial charge is 0.129 e. The predicted molar refractivity (Wildman–Crippen MR) is 69.1 cm³/mol. The standard InChI is InChI=1S/C14H13N3/c1-17(2)14-8-6-12(7-9-14)4-3-5-13(10-15)11-16/h3-9H,1-2H3/b4-3+. The summed E-state index contributed by atoms with van der Waals surface area (Å²) in [4.78, 5) is 2.02. The second kappa shape index (κ2) is 6.15. The first-order valence-corrected chi connectivity index (χ1v) is 5.13. The fourth-order valence-electron chi connectivity index (χ4n) is 1.24. The average Bonchev–Trinajstić information content (AvgIpc) is 2.35. The topological polar surface area (TPSA) is 50.8 Å². The lowest BCUT2D eigenvalue weighted by molar-refractivity contribution is 1.13. The van der Waals surface area contributed by atoms with E-state index >= 15 is 0 Å². The zero-order valence-corrected chi connectivity index (χ0v) is 9.88. The summed E-state index contributed by atoms with van der Waals surface area (Å²) in [6.07, 6.45) is 5.06. The number of benzene rings is 1. The first kappa shape index (κ1) is 12.5. The molecule has 0 amide bonds. The Morgan fingerprint density at radius 2 is 1.71 bits per heavy atom. The SMILES string of the molecule is CN(C)c1ccc(/C=C/C=C(C#N)C#N)cc1. The molecule has 0 aliphatic carbocycles. The highest BCUT2D eigenvalue weighted by Gasteiger charge is 1.93. The minimum absolute atomic E-state index is 0.103. The van der Waals surface area contributed by atoms with E-state index in [1.165, 1.54) is 6.08 Å². The van der Waals surface area contributed by atoms with E-state index in [4.69, 9.17) is 10.5 Å². The van der Waals surface area contributed by atoms with Gasteiger partial charge in [0.25, 0.3) is 0 Å². The van der Waals surface area contributed by atoms with Crippen LogP contribution in [0.4, 0.5) is 5.69 Å². The molecule has 3 heteroatoms. The molecule has 0 spiro atoms. The normalized spacial score (nSPS) is 9.41. The summed E-state index contributed by atoms with van der Waals surface area (Å²) in [5.41, 5.74) is 2.26. The van der Waals surface area contributed by atoms with Crippen LogP contribution >= 0.6 is 0 Å². The molecule has 84 valence electrons. The Morgan fingerprint density at radius 1 is 1.12 bits per heavy atom. The molecule has 0 fully saturated rings. The molecule has 3 nitrogen and oxygen atoms in total. The van der Waals surface area contributed by atoms with Gasteiger partial charge < -0.3 is 4.90 Å². The minimum Gasteiger partial charge on any atom is -0.378 e. The monoisotopic (exact) mass is 223 g/mol. The van der Waals surface area contributed by atoms with Gasteiger partial charge >= 0.3 is 0 Å². The average molecular weight is 223 g/mol. The van der Waals surface area contributed by atoms with Crippen molar-refractivity contribution in [3.63, 3.8) is 0 Å². The second-order valence-corrected chi connectivity index (χ2v) is 3.65. The number of hydrogen-bond donors (Lipinski definition) is 0. The summed E-state index contributed by atoms with van der Waals surface area (Å²) >= 11 is 0. The molecule has 0 aromatic heterocycles. The van der Waals surface area contributed by atoms with Gasteiger partial charge in [0.15, 0.2) is 0 Å². The maximum Gasteiger partial charge on any atom is 0.129 e. The maximum atomic E-state index is 8.54. The van der Waals surface area contributed by atoms with Gasteiger partial charge in [0, 0.05) is 19.8 Å². The number of hydrogen-bond acceptors (Lipinski definition) is 3. The van der Waals surface area contributed by atoms with Crippen LogP contribution in [-0.4, -0.2) is 14.1 Å². The van der Waals surface area contributed by atoms with Crippen LogP contribution < -0.4 is 4.90 Å². The van der Waals surface area contributed by atoms with Crippen molar-refractivity contribution >= 4 is 11.8 Å². The molecule has 0 heterocycles. The maximum absolute atomic E-state index is 8.54. The van der Waals surface area contributed by atoms with Crippen LogP contribution in [0.5, 0.6) is 0 Å². The Balaban J connectivity index is 2.78. The first-order valence-electron chi connectivity index (χ1n) is 5.13. The lowest BCUT2D eigenvalue weighted by atomic mass is 10.2. The van der Waals surface area contributed by atoms with E-state index in [1.54, 1.807) is 18.2 Å². The molecule has 0 N–H and O–H groups in total. The van der Waals surface area contributed by atoms with Gasteiger partial charge in [0.2, 0.25) is 0 Å². The van der Waals surface area contributed by atoms with Gasteiger partial charge in [-0.25, -0.2) is 0 Å². The number of allylic oxidation sites excluding steroid dienone is 3. The second-order valence-electron chi connectivity index (χ2n) is 3.65. The zero-order chi connectivity index (χ0) is 12.7. The Bertz CT molecular complexity index is 492. The van der Waals surface area contributed by atoms with Gasteiger partial charge in [-0.1, -0.05) is 24.3 Å². The quantitative estimate of drug-likeness (QED) is 0.584. The molecule has 0 aliphatic rings. The molecule has 1 rings (SSSR count). The van der Waals surface area contributed by atoms with Crippen molar-refractivity contribution in [2.75, 3.05) is 19.0 Å². The van der Waals surface area contributed by atoms with E-state index in [9.17, 15) is 0 Å². The summed E-state index contributed by atoms with van der Waals surface area (Å²) in [6.45, 7) is 0. The van der Waals surface area contributed by atoms with Crippen molar-refractivity contribution in [3.05, 3.63) is 47.6 Å². The molecule has 1 aromatic rings. The highest BCUT2D eigenvalue weighted by molar-refractivity contribution is 5.57. The highest BCUT2D eigenvalue weighted by atomic mass is 15.1. The van der Waals surface area contributed by atoms with Gasteiger partial charge in [-0.15, -0.1) is 0 Å². The predicted octanol–water partition coefficient (Wildman–Crippen LogP) is 2.74. The van der Waals surface area contributed by atoms with Gasteiger partial charge in [-0.2, -0.15) is 10.5 Å². The van der Waals surface area contributed by atoms with Crippen molar-refractivity contribution < 1.29 is 0 Å². The molecule has 0 aliphatic heterocycles. The van der Waals surface area contributed by atoms with Crippen LogP contribution in [0.25, 0.3) is 6.08 Å². The molecule has 0 saturated heterocycles. The Morgan fingerprint density at radius 3 is 2.18 bits per heavy atom. The third-order valence-electron chi connectivity index (χ3n) is 2.20. The molecule has 0 saturated carbocycles. The number of rotatable bonds is 3. The lowest BCUT2D eigenvalue weighted by Gasteiger charge is -2.11. The Labute approximate surface area is 102 Å². The molecule has 0 atom stereocenters. The van der Waals surface area contributed by atoms with Gasteiger partial charge in [-0.3, -0.25) is 0 Å². The van der Waals surface area contributed by atoms with Crippen molar-refractivity contribution in [1.82, 2.24) is 0 Å². The van der Waals surface area contributed by atoms with Crippen molar-refractivity contribution in [3.8, 4) is 12.1 Å². The third-order valence-corrected chi connectivity index (χ3v) is 2.20. The summed E-state index contributed by atoms with van der Waals surface area (Å²) in [6, 6.07) is 11.6. The minimum atomic E-state index is 0.103. The Hall–Kier alpha value is -2.52. The van der Waals surface area contributed by atoms with Crippen molar-refractivity contribution in [2.24, 2.45) is 0 Å². The molecule has 0 radical (unpaired) electrons. The fraction of sp³-hybridized carbons (Fsp3) is 0.143. The van der Waals surface area contributed by atoms with E-state index in [1.807, 2.05) is 49.3 Å². The molecule has 0 bridgehead atoms. The summed E-state index contributed by atoms with van der Waals surface area (Å²) in [7, 11) is 3.97. The fourth-order valence-corrected chi connectivity index (χ4v) is 1.24. The van der Waals surface area contributed by atoms with Gasteiger partial charge in [-0.05, 0) is 23.8 Å². The van der Waals surface area contributed by atoms with Crippen LogP contribution in [0.2, 0.25) is 0 Å². The number of anilines is 1. The lowest BCUT2D eigenvalue weighted by Crippen LogP contribution is -2.07. The summed E-state index contributed by atoms with van der Waals surface area (Å²) < 4.78 is 0. The van der Waals surface area contributed by atoms with Gasteiger partial charge in [0.05, 0.1) is 0 Å². The Kier molecular flexibility index (Phi) is 4.54. The van der Waals surface area contributed by atoms with E-state index < -0.39 is 0 Å². The molecular formula is C14H13N3. The molecular weight excluding hydrogens is 210 g/mol. The number of nitrogens with zero attached hydrogens (tertiary/aromatic N) is 3. The molecule has 1 aromatic carbocycles. The number of nitriles is 2. The van der Waals surface area contributed by atoms with E-state index in [0.717, 1.165) is 11.3 Å². The van der Waals surface area contributed by atoms with Gasteiger partial charge in [0.1, 0.15) is 17.7 Å². The van der Waals surface area contributed by atoms with E-state index in [-0.39, 0.29) is 5.57 Å². The highest BCUT2D eigenvalue weighted by Crippen LogP contribution is 2.13. The van der Waals surface area contributed by atoms with Crippen LogP contribution in [0.15, 0.2) is 42.0 Å². The molecule has 17 heavy (non-hydrogen) atoms. The van der Waals surface area contributed by atoms with Crippen molar-refractivity contribution in [2.45, 2.75) is 0 Å². The van der Waals surface area contributed by atoms with Crippen LogP contribution in [-0.2, 0) is 0 Å². The van der Waals surface area contributed by atoms with Crippen LogP contribution in [0, 0.1) is 22.7 Å². The van der Waals surface area contributed by atoms with Crippen LogP contribution in [0.1, 0.15) is 5.56 Å². The van der Waals surface area contributed by atoms with E-state index in [2.05, 4.69) is 0 Å². The van der Waals surface area contributed by atoms with Crippen LogP contribution in [0.3, 0.4) is 0 Å².